The molecule has 1 heterocycles. The highest BCUT2D eigenvalue weighted by atomic mass is 79.9. The van der Waals surface area contributed by atoms with Crippen LogP contribution < -0.4 is 15.2 Å². The van der Waals surface area contributed by atoms with Crippen molar-refractivity contribution >= 4 is 15.9 Å². The molecule has 1 aromatic rings. The third-order valence-corrected chi connectivity index (χ3v) is 2.44. The fraction of sp³-hybridized carbons (Fsp3) is 0.400. The van der Waals surface area contributed by atoms with E-state index in [1.165, 1.54) is 13.4 Å². The van der Waals surface area contributed by atoms with Crippen molar-refractivity contribution in [2.45, 2.75) is 12.5 Å². The maximum absolute atomic E-state index is 5.73. The van der Waals surface area contributed by atoms with Gasteiger partial charge in [-0.1, -0.05) is 5.92 Å². The molecule has 0 spiro atoms. The second kappa shape index (κ2) is 5.14. The molecule has 1 atom stereocenters. The lowest BCUT2D eigenvalue weighted by molar-refractivity contribution is 0.252. The maximum Gasteiger partial charge on any atom is 0.235 e. The van der Waals surface area contributed by atoms with Crippen LogP contribution in [0.3, 0.4) is 0 Å². The van der Waals surface area contributed by atoms with Crippen molar-refractivity contribution in [1.29, 1.82) is 0 Å². The van der Waals surface area contributed by atoms with E-state index in [-0.39, 0.29) is 6.61 Å². The van der Waals surface area contributed by atoms with Crippen LogP contribution in [0.4, 0.5) is 0 Å². The number of methoxy groups -OCH3 is 1. The molecule has 1 aromatic heterocycles. The lowest BCUT2D eigenvalue weighted by Crippen LogP contribution is -2.40. The van der Waals surface area contributed by atoms with Crippen LogP contribution in [0.25, 0.3) is 0 Å². The lowest BCUT2D eigenvalue weighted by Gasteiger charge is -2.18. The highest BCUT2D eigenvalue weighted by Crippen LogP contribution is 2.29. The van der Waals surface area contributed by atoms with Gasteiger partial charge in [-0.05, 0) is 22.9 Å². The lowest BCUT2D eigenvalue weighted by atomic mass is 10.1. The van der Waals surface area contributed by atoms with Gasteiger partial charge in [-0.25, -0.2) is 9.97 Å². The molecule has 0 aliphatic rings. The Morgan fingerprint density at radius 2 is 2.19 bits per heavy atom. The number of hydrogen-bond donors (Lipinski definition) is 1. The summed E-state index contributed by atoms with van der Waals surface area (Å²) in [5, 5.41) is 0. The molecule has 0 fully saturated rings. The van der Waals surface area contributed by atoms with Crippen molar-refractivity contribution in [3.63, 3.8) is 0 Å². The van der Waals surface area contributed by atoms with E-state index in [0.29, 0.717) is 16.2 Å². The van der Waals surface area contributed by atoms with Crippen molar-refractivity contribution in [2.75, 3.05) is 13.7 Å². The van der Waals surface area contributed by atoms with Crippen molar-refractivity contribution in [3.8, 4) is 24.1 Å². The normalized spacial score (nSPS) is 13.7. The Balaban J connectivity index is 2.80. The van der Waals surface area contributed by atoms with Crippen LogP contribution >= 0.6 is 15.9 Å². The summed E-state index contributed by atoms with van der Waals surface area (Å²) in [7, 11) is 1.51. The average molecular weight is 286 g/mol. The molecular weight excluding hydrogens is 274 g/mol. The molecule has 0 radical (unpaired) electrons. The first-order valence-corrected chi connectivity index (χ1v) is 5.23. The summed E-state index contributed by atoms with van der Waals surface area (Å²) in [6, 6.07) is 0. The number of halogens is 1. The summed E-state index contributed by atoms with van der Waals surface area (Å²) in [6.07, 6.45) is 6.58. The van der Waals surface area contributed by atoms with Gasteiger partial charge in [0.25, 0.3) is 0 Å². The van der Waals surface area contributed by atoms with Crippen molar-refractivity contribution in [2.24, 2.45) is 5.73 Å². The summed E-state index contributed by atoms with van der Waals surface area (Å²) in [6.45, 7) is 1.85. The number of ether oxygens (including phenoxy) is 2. The van der Waals surface area contributed by atoms with Crippen LogP contribution in [-0.4, -0.2) is 29.2 Å². The second-order valence-corrected chi connectivity index (χ2v) is 4.15. The van der Waals surface area contributed by atoms with Crippen molar-refractivity contribution in [3.05, 3.63) is 10.8 Å². The smallest absolute Gasteiger partial charge is 0.235 e. The van der Waals surface area contributed by atoms with E-state index in [1.807, 2.05) is 0 Å². The number of nitrogens with zero attached hydrogens (tertiary/aromatic N) is 2. The minimum absolute atomic E-state index is 0.155. The number of rotatable bonds is 4. The highest BCUT2D eigenvalue weighted by molar-refractivity contribution is 9.10. The minimum Gasteiger partial charge on any atom is -0.480 e. The Kier molecular flexibility index (Phi) is 4.10. The van der Waals surface area contributed by atoms with Crippen LogP contribution in [0.5, 0.6) is 11.8 Å². The first-order valence-electron chi connectivity index (χ1n) is 4.44. The van der Waals surface area contributed by atoms with Crippen molar-refractivity contribution < 1.29 is 9.47 Å². The molecule has 0 aromatic carbocycles. The van der Waals surface area contributed by atoms with E-state index in [0.717, 1.165) is 0 Å². The molecular formula is C10H12BrN3O2. The van der Waals surface area contributed by atoms with Gasteiger partial charge in [0, 0.05) is 0 Å². The van der Waals surface area contributed by atoms with Gasteiger partial charge in [0.05, 0.1) is 7.11 Å². The zero-order chi connectivity index (χ0) is 12.2. The van der Waals surface area contributed by atoms with E-state index >= 15 is 0 Å². The molecule has 5 nitrogen and oxygen atoms in total. The van der Waals surface area contributed by atoms with E-state index < -0.39 is 5.54 Å². The molecule has 6 heteroatoms. The summed E-state index contributed by atoms with van der Waals surface area (Å²) >= 11 is 3.26. The van der Waals surface area contributed by atoms with Crippen LogP contribution in [0.2, 0.25) is 0 Å². The molecule has 1 rings (SSSR count). The SMILES string of the molecule is C#CC(C)(N)COc1ncnc(OC)c1Br. The molecule has 0 aliphatic carbocycles. The van der Waals surface area contributed by atoms with Crippen LogP contribution in [0.15, 0.2) is 10.8 Å². The summed E-state index contributed by atoms with van der Waals surface area (Å²) in [5.74, 6) is 3.16. The van der Waals surface area contributed by atoms with E-state index in [1.54, 1.807) is 6.92 Å². The predicted octanol–water partition coefficient (Wildman–Crippen LogP) is 0.977. The van der Waals surface area contributed by atoms with Gasteiger partial charge in [-0.15, -0.1) is 6.42 Å². The first kappa shape index (κ1) is 12.7. The Morgan fingerprint density at radius 3 is 2.75 bits per heavy atom. The maximum atomic E-state index is 5.73. The second-order valence-electron chi connectivity index (χ2n) is 3.35. The zero-order valence-corrected chi connectivity index (χ0v) is 10.6. The van der Waals surface area contributed by atoms with Gasteiger partial charge in [0.2, 0.25) is 11.8 Å². The first-order chi connectivity index (χ1) is 7.50. The van der Waals surface area contributed by atoms with Gasteiger partial charge in [-0.2, -0.15) is 0 Å². The van der Waals surface area contributed by atoms with Crippen LogP contribution in [0.1, 0.15) is 6.92 Å². The summed E-state index contributed by atoms with van der Waals surface area (Å²) in [4.78, 5) is 7.83. The topological polar surface area (TPSA) is 70.3 Å². The predicted molar refractivity (Wildman–Crippen MR) is 63.2 cm³/mol. The highest BCUT2D eigenvalue weighted by Gasteiger charge is 2.18. The monoisotopic (exact) mass is 285 g/mol. The molecule has 16 heavy (non-hydrogen) atoms. The van der Waals surface area contributed by atoms with Crippen molar-refractivity contribution in [1.82, 2.24) is 9.97 Å². The minimum atomic E-state index is -0.836. The molecule has 1 unspecified atom stereocenters. The summed E-state index contributed by atoms with van der Waals surface area (Å²) < 4.78 is 10.9. The summed E-state index contributed by atoms with van der Waals surface area (Å²) in [5.41, 5.74) is 4.90. The standard InChI is InChI=1S/C10H12BrN3O2/c1-4-10(2,12)5-16-9-7(11)8(15-3)13-6-14-9/h1,6H,5,12H2,2-3H3. The largest absolute Gasteiger partial charge is 0.480 e. The molecule has 2 N–H and O–H groups in total. The average Bonchev–Trinajstić information content (AvgIpc) is 2.28. The number of terminal acetylenes is 1. The van der Waals surface area contributed by atoms with E-state index in [9.17, 15) is 0 Å². The fourth-order valence-electron chi connectivity index (χ4n) is 0.841. The number of aromatic nitrogens is 2. The van der Waals surface area contributed by atoms with Crippen LogP contribution in [0, 0.1) is 12.3 Å². The van der Waals surface area contributed by atoms with E-state index in [4.69, 9.17) is 21.6 Å². The Labute approximate surface area is 102 Å². The molecule has 0 aliphatic heterocycles. The fourth-order valence-corrected chi connectivity index (χ4v) is 1.32. The molecule has 86 valence electrons. The molecule has 0 bridgehead atoms. The quantitative estimate of drug-likeness (QED) is 0.835. The zero-order valence-electron chi connectivity index (χ0n) is 9.03. The van der Waals surface area contributed by atoms with Gasteiger partial charge in [-0.3, -0.25) is 0 Å². The Morgan fingerprint density at radius 1 is 1.56 bits per heavy atom. The van der Waals surface area contributed by atoms with Gasteiger partial charge >= 0.3 is 0 Å². The van der Waals surface area contributed by atoms with Gasteiger partial charge < -0.3 is 15.2 Å². The Bertz CT molecular complexity index is 415. The number of hydrogen-bond acceptors (Lipinski definition) is 5. The van der Waals surface area contributed by atoms with Crippen LogP contribution in [-0.2, 0) is 0 Å². The molecule has 0 saturated carbocycles. The number of nitrogens with two attached hydrogens (primary N) is 1. The van der Waals surface area contributed by atoms with Gasteiger partial charge in [0.1, 0.15) is 22.9 Å². The van der Waals surface area contributed by atoms with E-state index in [2.05, 4.69) is 31.8 Å². The third-order valence-electron chi connectivity index (χ3n) is 1.76. The molecule has 0 amide bonds. The Hall–Kier alpha value is -1.32. The van der Waals surface area contributed by atoms with Gasteiger partial charge in [0.15, 0.2) is 0 Å². The molecule has 0 saturated heterocycles. The third kappa shape index (κ3) is 3.08.